The summed E-state index contributed by atoms with van der Waals surface area (Å²) in [5.41, 5.74) is -0.330. The van der Waals surface area contributed by atoms with Crippen molar-refractivity contribution in [2.45, 2.75) is 45.6 Å². The summed E-state index contributed by atoms with van der Waals surface area (Å²) in [5.74, 6) is 5.85. The standard InChI is InChI=1S/C10H16O/c1-9(2,11)5-4-6-10(3)7-8-10/h11H,6-8H2,1-3H3. The van der Waals surface area contributed by atoms with Crippen LogP contribution >= 0.6 is 0 Å². The second-order valence-electron chi connectivity index (χ2n) is 4.35. The smallest absolute Gasteiger partial charge is 0.119 e. The topological polar surface area (TPSA) is 20.2 Å². The molecule has 1 aliphatic carbocycles. The molecular formula is C10H16O. The number of hydrogen-bond acceptors (Lipinski definition) is 1. The summed E-state index contributed by atoms with van der Waals surface area (Å²) in [6, 6.07) is 0. The summed E-state index contributed by atoms with van der Waals surface area (Å²) in [7, 11) is 0. The average Bonchev–Trinajstić information content (AvgIpc) is 2.44. The van der Waals surface area contributed by atoms with E-state index in [0.717, 1.165) is 6.42 Å². The highest BCUT2D eigenvalue weighted by Crippen LogP contribution is 2.47. The van der Waals surface area contributed by atoms with Crippen molar-refractivity contribution in [2.24, 2.45) is 5.41 Å². The molecule has 0 unspecified atom stereocenters. The molecule has 0 aromatic heterocycles. The van der Waals surface area contributed by atoms with E-state index in [9.17, 15) is 5.11 Å². The fourth-order valence-corrected chi connectivity index (χ4v) is 0.864. The molecule has 0 heterocycles. The monoisotopic (exact) mass is 152 g/mol. The molecule has 1 rings (SSSR count). The molecule has 0 atom stereocenters. The lowest BCUT2D eigenvalue weighted by atomic mass is 10.0. The number of aliphatic hydroxyl groups is 1. The quantitative estimate of drug-likeness (QED) is 0.569. The molecule has 11 heavy (non-hydrogen) atoms. The second kappa shape index (κ2) is 2.53. The van der Waals surface area contributed by atoms with Gasteiger partial charge in [0.05, 0.1) is 0 Å². The summed E-state index contributed by atoms with van der Waals surface area (Å²) in [5, 5.41) is 9.26. The minimum Gasteiger partial charge on any atom is -0.378 e. The van der Waals surface area contributed by atoms with Gasteiger partial charge < -0.3 is 5.11 Å². The number of rotatable bonds is 1. The van der Waals surface area contributed by atoms with Crippen molar-refractivity contribution in [2.75, 3.05) is 0 Å². The van der Waals surface area contributed by atoms with Crippen LogP contribution in [0.2, 0.25) is 0 Å². The molecule has 0 aromatic carbocycles. The first kappa shape index (κ1) is 8.62. The summed E-state index contributed by atoms with van der Waals surface area (Å²) < 4.78 is 0. The molecule has 1 heteroatoms. The zero-order valence-electron chi connectivity index (χ0n) is 7.57. The third-order valence-electron chi connectivity index (χ3n) is 2.01. The molecule has 0 radical (unpaired) electrons. The van der Waals surface area contributed by atoms with Gasteiger partial charge in [0.1, 0.15) is 5.60 Å². The Hall–Kier alpha value is -0.480. The van der Waals surface area contributed by atoms with Crippen LogP contribution in [0.1, 0.15) is 40.0 Å². The molecule has 0 aromatic rings. The second-order valence-corrected chi connectivity index (χ2v) is 4.35. The van der Waals surface area contributed by atoms with Gasteiger partial charge in [-0.3, -0.25) is 0 Å². The van der Waals surface area contributed by atoms with Crippen molar-refractivity contribution in [1.29, 1.82) is 0 Å². The summed E-state index contributed by atoms with van der Waals surface area (Å²) in [4.78, 5) is 0. The highest BCUT2D eigenvalue weighted by Gasteiger charge is 2.36. The minimum atomic E-state index is -0.814. The molecule has 1 fully saturated rings. The van der Waals surface area contributed by atoms with Crippen molar-refractivity contribution in [1.82, 2.24) is 0 Å². The number of hydrogen-bond donors (Lipinski definition) is 1. The lowest BCUT2D eigenvalue weighted by molar-refractivity contribution is 0.143. The third-order valence-corrected chi connectivity index (χ3v) is 2.01. The van der Waals surface area contributed by atoms with E-state index < -0.39 is 5.60 Å². The third kappa shape index (κ3) is 3.43. The van der Waals surface area contributed by atoms with E-state index in [1.165, 1.54) is 12.8 Å². The fraction of sp³-hybridized carbons (Fsp3) is 0.800. The molecule has 0 saturated heterocycles. The molecule has 1 N–H and O–H groups in total. The first-order chi connectivity index (χ1) is 4.91. The zero-order valence-corrected chi connectivity index (χ0v) is 7.57. The van der Waals surface area contributed by atoms with E-state index in [1.807, 2.05) is 0 Å². The first-order valence-electron chi connectivity index (χ1n) is 4.14. The summed E-state index contributed by atoms with van der Waals surface area (Å²) >= 11 is 0. The van der Waals surface area contributed by atoms with E-state index in [2.05, 4.69) is 18.8 Å². The van der Waals surface area contributed by atoms with Crippen molar-refractivity contribution in [3.8, 4) is 11.8 Å². The normalized spacial score (nSPS) is 20.4. The zero-order chi connectivity index (χ0) is 8.54. The molecule has 0 amide bonds. The SMILES string of the molecule is CC(C)(O)C#CCC1(C)CC1. The van der Waals surface area contributed by atoms with Gasteiger partial charge in [-0.05, 0) is 32.1 Å². The van der Waals surface area contributed by atoms with Gasteiger partial charge in [-0.15, -0.1) is 0 Å². The van der Waals surface area contributed by atoms with Gasteiger partial charge in [0.2, 0.25) is 0 Å². The van der Waals surface area contributed by atoms with Crippen LogP contribution in [0.3, 0.4) is 0 Å². The average molecular weight is 152 g/mol. The van der Waals surface area contributed by atoms with Crippen LogP contribution in [-0.4, -0.2) is 10.7 Å². The van der Waals surface area contributed by atoms with E-state index >= 15 is 0 Å². The van der Waals surface area contributed by atoms with E-state index in [-0.39, 0.29) is 0 Å². The fourth-order valence-electron chi connectivity index (χ4n) is 0.864. The molecule has 0 spiro atoms. The molecule has 1 nitrogen and oxygen atoms in total. The lowest BCUT2D eigenvalue weighted by Gasteiger charge is -2.06. The van der Waals surface area contributed by atoms with E-state index in [1.54, 1.807) is 13.8 Å². The van der Waals surface area contributed by atoms with Crippen LogP contribution in [0.15, 0.2) is 0 Å². The van der Waals surface area contributed by atoms with Gasteiger partial charge in [0.15, 0.2) is 0 Å². The lowest BCUT2D eigenvalue weighted by Crippen LogP contribution is -2.14. The van der Waals surface area contributed by atoms with Gasteiger partial charge in [-0.2, -0.15) is 0 Å². The maximum Gasteiger partial charge on any atom is 0.119 e. The molecule has 1 aliphatic rings. The van der Waals surface area contributed by atoms with Crippen molar-refractivity contribution >= 4 is 0 Å². The van der Waals surface area contributed by atoms with Gasteiger partial charge in [-0.1, -0.05) is 18.8 Å². The largest absolute Gasteiger partial charge is 0.378 e. The predicted molar refractivity (Wildman–Crippen MR) is 46.0 cm³/mol. The van der Waals surface area contributed by atoms with Crippen LogP contribution in [0, 0.1) is 17.3 Å². The highest BCUT2D eigenvalue weighted by atomic mass is 16.3. The summed E-state index contributed by atoms with van der Waals surface area (Å²) in [6.45, 7) is 5.68. The Bertz CT molecular complexity index is 195. The Morgan fingerprint density at radius 3 is 2.36 bits per heavy atom. The van der Waals surface area contributed by atoms with Crippen LogP contribution in [-0.2, 0) is 0 Å². The van der Waals surface area contributed by atoms with Gasteiger partial charge in [-0.25, -0.2) is 0 Å². The van der Waals surface area contributed by atoms with Gasteiger partial charge in [0.25, 0.3) is 0 Å². The summed E-state index contributed by atoms with van der Waals surface area (Å²) in [6.07, 6.45) is 3.54. The Balaban J connectivity index is 2.34. The van der Waals surface area contributed by atoms with Gasteiger partial charge in [0, 0.05) is 6.42 Å². The predicted octanol–water partition coefficient (Wildman–Crippen LogP) is 1.95. The first-order valence-corrected chi connectivity index (χ1v) is 4.14. The molecular weight excluding hydrogens is 136 g/mol. The van der Waals surface area contributed by atoms with Crippen molar-refractivity contribution in [3.05, 3.63) is 0 Å². The maximum atomic E-state index is 9.26. The maximum absolute atomic E-state index is 9.26. The van der Waals surface area contributed by atoms with Crippen molar-refractivity contribution < 1.29 is 5.11 Å². The highest BCUT2D eigenvalue weighted by molar-refractivity contribution is 5.13. The van der Waals surface area contributed by atoms with E-state index in [0.29, 0.717) is 5.41 Å². The Morgan fingerprint density at radius 2 is 2.00 bits per heavy atom. The van der Waals surface area contributed by atoms with Crippen LogP contribution in [0.5, 0.6) is 0 Å². The van der Waals surface area contributed by atoms with Crippen LogP contribution < -0.4 is 0 Å². The molecule has 1 saturated carbocycles. The molecule has 0 aliphatic heterocycles. The molecule has 0 bridgehead atoms. The molecule has 62 valence electrons. The van der Waals surface area contributed by atoms with Crippen molar-refractivity contribution in [3.63, 3.8) is 0 Å². The Morgan fingerprint density at radius 1 is 1.45 bits per heavy atom. The minimum absolute atomic E-state index is 0.484. The van der Waals surface area contributed by atoms with E-state index in [4.69, 9.17) is 0 Å². The Kier molecular flexibility index (Phi) is 1.98. The van der Waals surface area contributed by atoms with Gasteiger partial charge >= 0.3 is 0 Å². The van der Waals surface area contributed by atoms with Crippen LogP contribution in [0.25, 0.3) is 0 Å². The Labute approximate surface area is 68.8 Å². The van der Waals surface area contributed by atoms with Crippen LogP contribution in [0.4, 0.5) is 0 Å².